The molecule has 0 aliphatic carbocycles. The summed E-state index contributed by atoms with van der Waals surface area (Å²) in [5.41, 5.74) is 4.06. The van der Waals surface area contributed by atoms with Crippen LogP contribution in [0.1, 0.15) is 19.9 Å². The van der Waals surface area contributed by atoms with Crippen LogP contribution in [0.15, 0.2) is 67.3 Å². The minimum atomic E-state index is 0.351. The van der Waals surface area contributed by atoms with E-state index in [-0.39, 0.29) is 0 Å². The summed E-state index contributed by atoms with van der Waals surface area (Å²) in [7, 11) is 0. The van der Waals surface area contributed by atoms with Gasteiger partial charge in [-0.2, -0.15) is 0 Å². The van der Waals surface area contributed by atoms with Gasteiger partial charge in [-0.25, -0.2) is 9.97 Å². The van der Waals surface area contributed by atoms with Gasteiger partial charge in [-0.3, -0.25) is 4.98 Å². The molecule has 5 heteroatoms. The van der Waals surface area contributed by atoms with Gasteiger partial charge in [0, 0.05) is 41.3 Å². The highest BCUT2D eigenvalue weighted by atomic mass is 15.1. The number of anilines is 2. The molecule has 25 heavy (non-hydrogen) atoms. The Labute approximate surface area is 146 Å². The molecule has 0 aliphatic heterocycles. The second-order valence-electron chi connectivity index (χ2n) is 6.19. The van der Waals surface area contributed by atoms with Gasteiger partial charge in [0.15, 0.2) is 0 Å². The maximum absolute atomic E-state index is 4.71. The molecule has 0 atom stereocenters. The molecule has 0 saturated carbocycles. The van der Waals surface area contributed by atoms with E-state index >= 15 is 0 Å². The van der Waals surface area contributed by atoms with Crippen LogP contribution >= 0.6 is 0 Å². The zero-order valence-electron chi connectivity index (χ0n) is 14.2. The van der Waals surface area contributed by atoms with Crippen LogP contribution in [0.3, 0.4) is 0 Å². The van der Waals surface area contributed by atoms with E-state index in [1.807, 2.05) is 54.9 Å². The molecule has 1 aromatic carbocycles. The summed E-state index contributed by atoms with van der Waals surface area (Å²) in [6.45, 7) is 4.33. The molecule has 0 fully saturated rings. The Balaban J connectivity index is 1.78. The number of benzene rings is 1. The van der Waals surface area contributed by atoms with E-state index in [1.165, 1.54) is 0 Å². The fraction of sp³-hybridized carbons (Fsp3) is 0.150. The van der Waals surface area contributed by atoms with Crippen molar-refractivity contribution >= 4 is 22.5 Å². The highest BCUT2D eigenvalue weighted by Crippen LogP contribution is 2.31. The molecule has 5 nitrogen and oxygen atoms in total. The van der Waals surface area contributed by atoms with E-state index < -0.39 is 0 Å². The van der Waals surface area contributed by atoms with Crippen molar-refractivity contribution in [1.29, 1.82) is 0 Å². The van der Waals surface area contributed by atoms with E-state index in [1.54, 1.807) is 6.20 Å². The van der Waals surface area contributed by atoms with Gasteiger partial charge in [0.25, 0.3) is 0 Å². The molecule has 0 bridgehead atoms. The van der Waals surface area contributed by atoms with Gasteiger partial charge < -0.3 is 9.88 Å². The van der Waals surface area contributed by atoms with Crippen LogP contribution in [0.4, 0.5) is 11.6 Å². The third kappa shape index (κ3) is 2.96. The van der Waals surface area contributed by atoms with E-state index in [0.29, 0.717) is 12.0 Å². The van der Waals surface area contributed by atoms with Gasteiger partial charge in [0.05, 0.1) is 17.4 Å². The molecular formula is C20H19N5. The average Bonchev–Trinajstić information content (AvgIpc) is 3.03. The third-order valence-corrected chi connectivity index (χ3v) is 4.15. The molecule has 124 valence electrons. The second-order valence-corrected chi connectivity index (χ2v) is 6.19. The van der Waals surface area contributed by atoms with Gasteiger partial charge >= 0.3 is 0 Å². The minimum absolute atomic E-state index is 0.351. The molecule has 0 saturated heterocycles. The summed E-state index contributed by atoms with van der Waals surface area (Å²) < 4.78 is 2.23. The van der Waals surface area contributed by atoms with Crippen molar-refractivity contribution in [1.82, 2.24) is 19.5 Å². The minimum Gasteiger partial charge on any atom is -0.343 e. The molecule has 3 aromatic heterocycles. The predicted octanol–water partition coefficient (Wildman–Crippen LogP) is 4.82. The first-order valence-corrected chi connectivity index (χ1v) is 8.32. The van der Waals surface area contributed by atoms with Gasteiger partial charge in [-0.15, -0.1) is 0 Å². The quantitative estimate of drug-likeness (QED) is 0.583. The molecule has 0 unspecified atom stereocenters. The number of hydrogen-bond donors (Lipinski definition) is 1. The summed E-state index contributed by atoms with van der Waals surface area (Å²) in [5, 5.41) is 4.40. The number of aromatic nitrogens is 4. The molecule has 1 N–H and O–H groups in total. The number of pyridine rings is 1. The van der Waals surface area contributed by atoms with Crippen molar-refractivity contribution in [3.8, 4) is 11.3 Å². The highest BCUT2D eigenvalue weighted by Gasteiger charge is 2.13. The first kappa shape index (κ1) is 15.3. The summed E-state index contributed by atoms with van der Waals surface area (Å²) in [6, 6.07) is 14.3. The lowest BCUT2D eigenvalue weighted by molar-refractivity contribution is 0.622. The van der Waals surface area contributed by atoms with Crippen LogP contribution < -0.4 is 5.32 Å². The van der Waals surface area contributed by atoms with Crippen LogP contribution in [0.5, 0.6) is 0 Å². The zero-order valence-corrected chi connectivity index (χ0v) is 14.2. The van der Waals surface area contributed by atoms with Gasteiger partial charge in [0.2, 0.25) is 5.95 Å². The molecule has 4 rings (SSSR count). The maximum Gasteiger partial charge on any atom is 0.227 e. The Morgan fingerprint density at radius 1 is 1.00 bits per heavy atom. The van der Waals surface area contributed by atoms with E-state index in [0.717, 1.165) is 27.8 Å². The van der Waals surface area contributed by atoms with Crippen LogP contribution in [0, 0.1) is 0 Å². The van der Waals surface area contributed by atoms with Gasteiger partial charge in [-0.05, 0) is 38.1 Å². The van der Waals surface area contributed by atoms with Crippen LogP contribution in [0.25, 0.3) is 22.2 Å². The summed E-state index contributed by atoms with van der Waals surface area (Å²) >= 11 is 0. The lowest BCUT2D eigenvalue weighted by Gasteiger charge is -2.08. The molecule has 0 aliphatic rings. The monoisotopic (exact) mass is 329 g/mol. The average molecular weight is 329 g/mol. The topological polar surface area (TPSA) is 55.6 Å². The SMILES string of the molecule is CC(C)n1cc(-c2ccnc(Nc3ccccc3)n2)c2ccncc21. The largest absolute Gasteiger partial charge is 0.343 e. The fourth-order valence-corrected chi connectivity index (χ4v) is 2.95. The van der Waals surface area contributed by atoms with E-state index in [4.69, 9.17) is 4.98 Å². The number of rotatable bonds is 4. The van der Waals surface area contributed by atoms with E-state index in [9.17, 15) is 0 Å². The summed E-state index contributed by atoms with van der Waals surface area (Å²) in [4.78, 5) is 13.3. The van der Waals surface area contributed by atoms with E-state index in [2.05, 4.69) is 39.9 Å². The van der Waals surface area contributed by atoms with Gasteiger partial charge in [-0.1, -0.05) is 18.2 Å². The van der Waals surface area contributed by atoms with Crippen LogP contribution in [-0.4, -0.2) is 19.5 Å². The number of hydrogen-bond acceptors (Lipinski definition) is 4. The second kappa shape index (κ2) is 6.36. The Morgan fingerprint density at radius 2 is 1.84 bits per heavy atom. The standard InChI is InChI=1S/C20H19N5/c1-14(2)25-13-17(16-8-10-21-12-19(16)25)18-9-11-22-20(24-18)23-15-6-4-3-5-7-15/h3-14H,1-2H3,(H,22,23,24). The van der Waals surface area contributed by atoms with Crippen molar-refractivity contribution in [2.45, 2.75) is 19.9 Å². The highest BCUT2D eigenvalue weighted by molar-refractivity contribution is 5.94. The number of nitrogens with zero attached hydrogens (tertiary/aromatic N) is 4. The first-order chi connectivity index (χ1) is 12.2. The normalized spacial score (nSPS) is 11.2. The molecule has 0 radical (unpaired) electrons. The van der Waals surface area contributed by atoms with Crippen LogP contribution in [0.2, 0.25) is 0 Å². The van der Waals surface area contributed by atoms with Crippen molar-refractivity contribution in [3.63, 3.8) is 0 Å². The van der Waals surface area contributed by atoms with Crippen molar-refractivity contribution in [3.05, 3.63) is 67.3 Å². The zero-order chi connectivity index (χ0) is 17.2. The predicted molar refractivity (Wildman–Crippen MR) is 101 cm³/mol. The molecule has 0 spiro atoms. The number of fused-ring (bicyclic) bond motifs is 1. The van der Waals surface area contributed by atoms with Crippen molar-refractivity contribution in [2.75, 3.05) is 5.32 Å². The Kier molecular flexibility index (Phi) is 3.90. The molecule has 0 amide bonds. The Bertz CT molecular complexity index is 1000. The number of para-hydroxylation sites is 1. The molecular weight excluding hydrogens is 310 g/mol. The number of nitrogens with one attached hydrogen (secondary N) is 1. The smallest absolute Gasteiger partial charge is 0.227 e. The Morgan fingerprint density at radius 3 is 2.64 bits per heavy atom. The first-order valence-electron chi connectivity index (χ1n) is 8.32. The van der Waals surface area contributed by atoms with Gasteiger partial charge in [0.1, 0.15) is 0 Å². The van der Waals surface area contributed by atoms with Crippen molar-refractivity contribution in [2.24, 2.45) is 0 Å². The molecule has 4 aromatic rings. The van der Waals surface area contributed by atoms with Crippen molar-refractivity contribution < 1.29 is 0 Å². The summed E-state index contributed by atoms with van der Waals surface area (Å²) in [5.74, 6) is 0.586. The summed E-state index contributed by atoms with van der Waals surface area (Å²) in [6.07, 6.45) is 7.66. The Hall–Kier alpha value is -3.21. The lowest BCUT2D eigenvalue weighted by atomic mass is 10.1. The third-order valence-electron chi connectivity index (χ3n) is 4.15. The van der Waals surface area contributed by atoms with Crippen LogP contribution in [-0.2, 0) is 0 Å². The maximum atomic E-state index is 4.71. The lowest BCUT2D eigenvalue weighted by Crippen LogP contribution is -1.98. The molecule has 3 heterocycles. The fourth-order valence-electron chi connectivity index (χ4n) is 2.95.